The molecule has 17 heavy (non-hydrogen) atoms. The minimum absolute atomic E-state index is 0. The SMILES string of the molecule is NC(=O)[C@@H](N)Cc1c[nH]c2ccc(O)cc12.O. The first-order valence-electron chi connectivity index (χ1n) is 4.92. The number of amides is 1. The monoisotopic (exact) mass is 237 g/mol. The van der Waals surface area contributed by atoms with Crippen LogP contribution in [0.3, 0.4) is 0 Å². The van der Waals surface area contributed by atoms with Gasteiger partial charge in [-0.2, -0.15) is 0 Å². The first-order valence-corrected chi connectivity index (χ1v) is 4.92. The van der Waals surface area contributed by atoms with Gasteiger partial charge in [-0.15, -0.1) is 0 Å². The number of benzene rings is 1. The molecule has 0 saturated carbocycles. The maximum absolute atomic E-state index is 10.9. The molecule has 6 nitrogen and oxygen atoms in total. The number of hydrogen-bond acceptors (Lipinski definition) is 3. The van der Waals surface area contributed by atoms with E-state index >= 15 is 0 Å². The van der Waals surface area contributed by atoms with Crippen molar-refractivity contribution in [2.24, 2.45) is 11.5 Å². The average molecular weight is 237 g/mol. The second kappa shape index (κ2) is 4.86. The van der Waals surface area contributed by atoms with Gasteiger partial charge in [-0.3, -0.25) is 4.79 Å². The highest BCUT2D eigenvalue weighted by atomic mass is 16.3. The van der Waals surface area contributed by atoms with Crippen LogP contribution in [0.4, 0.5) is 0 Å². The molecule has 1 heterocycles. The molecule has 0 aliphatic rings. The maximum atomic E-state index is 10.9. The van der Waals surface area contributed by atoms with E-state index in [0.717, 1.165) is 16.5 Å². The number of phenolic OH excluding ortho intramolecular Hbond substituents is 1. The fraction of sp³-hybridized carbons (Fsp3) is 0.182. The summed E-state index contributed by atoms with van der Waals surface area (Å²) in [5.74, 6) is -0.351. The Morgan fingerprint density at radius 3 is 2.82 bits per heavy atom. The molecule has 0 radical (unpaired) electrons. The molecule has 1 amide bonds. The van der Waals surface area contributed by atoms with Crippen molar-refractivity contribution in [3.63, 3.8) is 0 Å². The lowest BCUT2D eigenvalue weighted by molar-refractivity contribution is -0.119. The number of phenols is 1. The summed E-state index contributed by atoms with van der Waals surface area (Å²) in [6, 6.07) is 4.29. The van der Waals surface area contributed by atoms with E-state index in [-0.39, 0.29) is 11.2 Å². The number of primary amides is 1. The lowest BCUT2D eigenvalue weighted by Gasteiger charge is -2.05. The molecule has 1 atom stereocenters. The van der Waals surface area contributed by atoms with Crippen molar-refractivity contribution in [3.8, 4) is 5.75 Å². The Morgan fingerprint density at radius 1 is 1.47 bits per heavy atom. The third-order valence-electron chi connectivity index (χ3n) is 2.56. The third-order valence-corrected chi connectivity index (χ3v) is 2.56. The smallest absolute Gasteiger partial charge is 0.234 e. The van der Waals surface area contributed by atoms with E-state index in [1.165, 1.54) is 0 Å². The lowest BCUT2D eigenvalue weighted by Crippen LogP contribution is -2.38. The average Bonchev–Trinajstić information content (AvgIpc) is 2.61. The number of H-pyrrole nitrogens is 1. The molecule has 2 rings (SSSR count). The van der Waals surface area contributed by atoms with Gasteiger partial charge in [-0.1, -0.05) is 0 Å². The van der Waals surface area contributed by atoms with E-state index in [9.17, 15) is 9.90 Å². The number of carbonyl (C=O) groups excluding carboxylic acids is 1. The summed E-state index contributed by atoms with van der Waals surface area (Å²) in [6.07, 6.45) is 2.13. The highest BCUT2D eigenvalue weighted by molar-refractivity contribution is 5.86. The van der Waals surface area contributed by atoms with E-state index in [1.54, 1.807) is 24.4 Å². The standard InChI is InChI=1S/C11H13N3O2.H2O/c12-9(11(13)16)3-6-5-14-10-2-1-7(15)4-8(6)10;/h1-2,4-5,9,14-15H,3,12H2,(H2,13,16);1H2/t9-;/m0./s1. The van der Waals surface area contributed by atoms with Gasteiger partial charge in [-0.25, -0.2) is 0 Å². The van der Waals surface area contributed by atoms with Crippen molar-refractivity contribution in [1.29, 1.82) is 0 Å². The van der Waals surface area contributed by atoms with E-state index in [0.29, 0.717) is 6.42 Å². The molecular formula is C11H15N3O3. The van der Waals surface area contributed by atoms with Crippen LogP contribution in [0.1, 0.15) is 5.56 Å². The van der Waals surface area contributed by atoms with Crippen molar-refractivity contribution in [2.45, 2.75) is 12.5 Å². The molecule has 0 fully saturated rings. The van der Waals surface area contributed by atoms with E-state index in [4.69, 9.17) is 11.5 Å². The van der Waals surface area contributed by atoms with Gasteiger partial charge in [-0.05, 0) is 30.2 Å². The van der Waals surface area contributed by atoms with Crippen molar-refractivity contribution in [1.82, 2.24) is 4.98 Å². The quantitative estimate of drug-likeness (QED) is 0.567. The van der Waals surface area contributed by atoms with Crippen LogP contribution in [-0.2, 0) is 11.2 Å². The summed E-state index contributed by atoms with van der Waals surface area (Å²) in [6.45, 7) is 0. The van der Waals surface area contributed by atoms with Gasteiger partial charge in [0, 0.05) is 17.1 Å². The van der Waals surface area contributed by atoms with Crippen LogP contribution in [0.2, 0.25) is 0 Å². The Hall–Kier alpha value is -2.05. The van der Waals surface area contributed by atoms with Crippen molar-refractivity contribution >= 4 is 16.8 Å². The zero-order chi connectivity index (χ0) is 11.7. The number of carbonyl (C=O) groups is 1. The number of aromatic nitrogens is 1. The fourth-order valence-electron chi connectivity index (χ4n) is 1.67. The van der Waals surface area contributed by atoms with Crippen LogP contribution in [0.5, 0.6) is 5.75 Å². The summed E-state index contributed by atoms with van der Waals surface area (Å²) >= 11 is 0. The Balaban J connectivity index is 0.00000144. The number of aromatic hydroxyl groups is 1. The van der Waals surface area contributed by atoms with E-state index < -0.39 is 11.9 Å². The molecular weight excluding hydrogens is 222 g/mol. The summed E-state index contributed by atoms with van der Waals surface area (Å²) in [7, 11) is 0. The van der Waals surface area contributed by atoms with E-state index in [1.807, 2.05) is 0 Å². The summed E-state index contributed by atoms with van der Waals surface area (Å²) in [4.78, 5) is 13.9. The molecule has 0 spiro atoms. The Kier molecular flexibility index (Phi) is 3.72. The van der Waals surface area contributed by atoms with Crippen molar-refractivity contribution in [3.05, 3.63) is 30.0 Å². The first-order chi connectivity index (χ1) is 7.58. The van der Waals surface area contributed by atoms with Gasteiger partial charge in [0.05, 0.1) is 6.04 Å². The number of aromatic amines is 1. The van der Waals surface area contributed by atoms with Crippen LogP contribution in [0.15, 0.2) is 24.4 Å². The second-order valence-electron chi connectivity index (χ2n) is 3.76. The molecule has 0 aliphatic carbocycles. The van der Waals surface area contributed by atoms with Gasteiger partial charge in [0.15, 0.2) is 0 Å². The minimum Gasteiger partial charge on any atom is -0.508 e. The van der Waals surface area contributed by atoms with E-state index in [2.05, 4.69) is 4.98 Å². The number of hydrogen-bond donors (Lipinski definition) is 4. The number of nitrogens with two attached hydrogens (primary N) is 2. The third kappa shape index (κ3) is 2.55. The highest BCUT2D eigenvalue weighted by Gasteiger charge is 2.13. The summed E-state index contributed by atoms with van der Waals surface area (Å²) < 4.78 is 0. The molecule has 92 valence electrons. The Labute approximate surface area is 97.5 Å². The highest BCUT2D eigenvalue weighted by Crippen LogP contribution is 2.23. The van der Waals surface area contributed by atoms with Crippen LogP contribution < -0.4 is 11.5 Å². The Bertz CT molecular complexity index is 536. The largest absolute Gasteiger partial charge is 0.508 e. The van der Waals surface area contributed by atoms with Gasteiger partial charge in [0.25, 0.3) is 0 Å². The van der Waals surface area contributed by atoms with Crippen LogP contribution in [0.25, 0.3) is 10.9 Å². The van der Waals surface area contributed by atoms with Gasteiger partial charge < -0.3 is 27.0 Å². The molecule has 0 saturated heterocycles. The number of rotatable bonds is 3. The van der Waals surface area contributed by atoms with Gasteiger partial charge in [0.2, 0.25) is 5.91 Å². The Morgan fingerprint density at radius 2 is 2.18 bits per heavy atom. The fourth-order valence-corrected chi connectivity index (χ4v) is 1.67. The van der Waals surface area contributed by atoms with Crippen LogP contribution in [0, 0.1) is 0 Å². The van der Waals surface area contributed by atoms with Gasteiger partial charge >= 0.3 is 0 Å². The van der Waals surface area contributed by atoms with Crippen LogP contribution in [-0.4, -0.2) is 27.5 Å². The second-order valence-corrected chi connectivity index (χ2v) is 3.76. The normalized spacial score (nSPS) is 12.1. The molecule has 1 aromatic heterocycles. The number of fused-ring (bicyclic) bond motifs is 1. The topological polar surface area (TPSA) is 137 Å². The maximum Gasteiger partial charge on any atom is 0.234 e. The zero-order valence-corrected chi connectivity index (χ0v) is 9.10. The minimum atomic E-state index is -0.707. The molecule has 8 N–H and O–H groups in total. The lowest BCUT2D eigenvalue weighted by atomic mass is 10.1. The van der Waals surface area contributed by atoms with Crippen molar-refractivity contribution < 1.29 is 15.4 Å². The van der Waals surface area contributed by atoms with Gasteiger partial charge in [0.1, 0.15) is 5.75 Å². The predicted molar refractivity (Wildman–Crippen MR) is 64.5 cm³/mol. The molecule has 0 aliphatic heterocycles. The number of nitrogens with one attached hydrogen (secondary N) is 1. The summed E-state index contributed by atoms with van der Waals surface area (Å²) in [5, 5.41) is 10.2. The first kappa shape index (κ1) is 13.0. The molecule has 0 bridgehead atoms. The molecule has 2 aromatic rings. The zero-order valence-electron chi connectivity index (χ0n) is 9.10. The molecule has 1 aromatic carbocycles. The molecule has 6 heteroatoms. The summed E-state index contributed by atoms with van der Waals surface area (Å²) in [5.41, 5.74) is 12.5. The van der Waals surface area contributed by atoms with Crippen molar-refractivity contribution in [2.75, 3.05) is 0 Å². The predicted octanol–water partition coefficient (Wildman–Crippen LogP) is -0.596. The molecule has 0 unspecified atom stereocenters. The van der Waals surface area contributed by atoms with Crippen LogP contribution >= 0.6 is 0 Å².